The number of carbonyl (C=O) groups is 2. The zero-order valence-corrected chi connectivity index (χ0v) is 19.8. The number of unbranched alkanes of at least 4 members (excludes halogenated alkanes) is 1. The number of rotatable bonds is 10. The Balaban J connectivity index is 1.61. The van der Waals surface area contributed by atoms with Gasteiger partial charge in [0.1, 0.15) is 17.4 Å². The second-order valence-corrected chi connectivity index (χ2v) is 8.62. The number of hydrogen-bond donors (Lipinski definition) is 1. The fourth-order valence-electron chi connectivity index (χ4n) is 4.22. The molecule has 7 heteroatoms. The molecule has 1 aromatic carbocycles. The van der Waals surface area contributed by atoms with E-state index >= 15 is 0 Å². The van der Waals surface area contributed by atoms with Gasteiger partial charge in [0.05, 0.1) is 25.8 Å². The third-order valence-electron chi connectivity index (χ3n) is 6.22. The van der Waals surface area contributed by atoms with Crippen molar-refractivity contribution in [3.63, 3.8) is 0 Å². The van der Waals surface area contributed by atoms with E-state index in [2.05, 4.69) is 12.2 Å². The molecule has 0 radical (unpaired) electrons. The Labute approximate surface area is 200 Å². The fraction of sp³-hybridized carbons (Fsp3) is 0.444. The first kappa shape index (κ1) is 25.1. The van der Waals surface area contributed by atoms with Crippen LogP contribution in [0.2, 0.25) is 0 Å². The first-order valence-electron chi connectivity index (χ1n) is 11.9. The van der Waals surface area contributed by atoms with E-state index in [0.717, 1.165) is 31.6 Å². The van der Waals surface area contributed by atoms with E-state index in [1.807, 2.05) is 6.07 Å². The normalized spacial score (nSPS) is 18.1. The van der Waals surface area contributed by atoms with Crippen molar-refractivity contribution < 1.29 is 23.5 Å². The highest BCUT2D eigenvalue weighted by molar-refractivity contribution is 6.01. The summed E-state index contributed by atoms with van der Waals surface area (Å²) in [5, 5.41) is 12.1. The van der Waals surface area contributed by atoms with Crippen molar-refractivity contribution in [2.75, 3.05) is 7.11 Å². The van der Waals surface area contributed by atoms with Gasteiger partial charge in [-0.25, -0.2) is 0 Å². The minimum Gasteiger partial charge on any atom is -0.493 e. The van der Waals surface area contributed by atoms with E-state index in [4.69, 9.17) is 13.9 Å². The van der Waals surface area contributed by atoms with Gasteiger partial charge >= 0.3 is 5.97 Å². The first-order chi connectivity index (χ1) is 16.5. The number of methoxy groups -OCH3 is 1. The molecular weight excluding hydrogens is 432 g/mol. The molecule has 1 aliphatic carbocycles. The first-order valence-corrected chi connectivity index (χ1v) is 11.9. The largest absolute Gasteiger partial charge is 0.493 e. The van der Waals surface area contributed by atoms with Gasteiger partial charge in [-0.3, -0.25) is 9.59 Å². The molecule has 1 saturated carbocycles. The summed E-state index contributed by atoms with van der Waals surface area (Å²) in [5.41, 5.74) is 0.524. The number of carbonyl (C=O) groups excluding carboxylic acids is 2. The lowest BCUT2D eigenvalue weighted by Crippen LogP contribution is -2.25. The maximum Gasteiger partial charge on any atom is 0.314 e. The number of nitrogens with zero attached hydrogens (tertiary/aromatic N) is 1. The molecule has 0 atom stereocenters. The van der Waals surface area contributed by atoms with Gasteiger partial charge in [-0.1, -0.05) is 32.3 Å². The van der Waals surface area contributed by atoms with Crippen LogP contribution >= 0.6 is 0 Å². The predicted octanol–water partition coefficient (Wildman–Crippen LogP) is 5.41. The number of furan rings is 1. The summed E-state index contributed by atoms with van der Waals surface area (Å²) < 4.78 is 16.3. The summed E-state index contributed by atoms with van der Waals surface area (Å²) in [6.45, 7) is 2.39. The third-order valence-corrected chi connectivity index (χ3v) is 6.22. The van der Waals surface area contributed by atoms with E-state index in [0.29, 0.717) is 22.8 Å². The monoisotopic (exact) mass is 464 g/mol. The molecule has 34 heavy (non-hydrogen) atoms. The Morgan fingerprint density at radius 2 is 2.00 bits per heavy atom. The van der Waals surface area contributed by atoms with E-state index in [1.165, 1.54) is 38.7 Å². The van der Waals surface area contributed by atoms with Crippen LogP contribution in [0.25, 0.3) is 6.08 Å². The van der Waals surface area contributed by atoms with Crippen LogP contribution in [0.5, 0.6) is 11.5 Å². The van der Waals surface area contributed by atoms with Gasteiger partial charge in [0.2, 0.25) is 0 Å². The van der Waals surface area contributed by atoms with Crippen LogP contribution in [-0.2, 0) is 16.1 Å². The second-order valence-electron chi connectivity index (χ2n) is 8.62. The standard InChI is InChI=1S/C27H32N2O5/c1-3-4-6-19-8-11-21(12-9-19)27(31)34-24-13-10-20(16-25(24)32-2)15-22(17-28)26(30)29-18-23-7-5-14-33-23/h5,7,10,13-16,19,21H,3-4,6,8-9,11-12,18H2,1-2H3,(H,29,30)/b22-15+. The molecule has 1 aromatic heterocycles. The minimum atomic E-state index is -0.511. The minimum absolute atomic E-state index is 0.0572. The molecule has 2 aromatic rings. The Hall–Kier alpha value is -3.53. The van der Waals surface area contributed by atoms with E-state index in [-0.39, 0.29) is 24.0 Å². The van der Waals surface area contributed by atoms with Crippen molar-refractivity contribution in [1.82, 2.24) is 5.32 Å². The van der Waals surface area contributed by atoms with Gasteiger partial charge in [-0.05, 0) is 67.5 Å². The summed E-state index contributed by atoms with van der Waals surface area (Å²) in [7, 11) is 1.49. The Morgan fingerprint density at radius 3 is 2.65 bits per heavy atom. The Morgan fingerprint density at radius 1 is 1.21 bits per heavy atom. The molecule has 0 saturated heterocycles. The number of amides is 1. The summed E-state index contributed by atoms with van der Waals surface area (Å²) in [4.78, 5) is 25.1. The SMILES string of the molecule is CCCCC1CCC(C(=O)Oc2ccc(/C=C(\C#N)C(=O)NCc3ccco3)cc2OC)CC1. The van der Waals surface area contributed by atoms with Crippen LogP contribution in [0.1, 0.15) is 63.2 Å². The van der Waals surface area contributed by atoms with Crippen molar-refractivity contribution in [2.45, 2.75) is 58.4 Å². The molecule has 1 heterocycles. The van der Waals surface area contributed by atoms with Crippen molar-refractivity contribution in [3.8, 4) is 17.6 Å². The number of nitriles is 1. The lowest BCUT2D eigenvalue weighted by molar-refractivity contribution is -0.140. The molecule has 7 nitrogen and oxygen atoms in total. The maximum atomic E-state index is 12.7. The highest BCUT2D eigenvalue weighted by Crippen LogP contribution is 2.35. The highest BCUT2D eigenvalue weighted by Gasteiger charge is 2.28. The Bertz CT molecular complexity index is 1030. The van der Waals surface area contributed by atoms with Gasteiger partial charge < -0.3 is 19.2 Å². The Kier molecular flexibility index (Phi) is 9.33. The number of benzene rings is 1. The maximum absolute atomic E-state index is 12.7. The van der Waals surface area contributed by atoms with E-state index < -0.39 is 5.91 Å². The molecule has 0 aliphatic heterocycles. The van der Waals surface area contributed by atoms with Crippen LogP contribution in [0.3, 0.4) is 0 Å². The summed E-state index contributed by atoms with van der Waals surface area (Å²) in [5.74, 6) is 1.17. The quantitative estimate of drug-likeness (QED) is 0.218. The molecule has 0 spiro atoms. The van der Waals surface area contributed by atoms with E-state index in [9.17, 15) is 14.9 Å². The van der Waals surface area contributed by atoms with Crippen molar-refractivity contribution >= 4 is 18.0 Å². The molecule has 180 valence electrons. The van der Waals surface area contributed by atoms with Crippen LogP contribution < -0.4 is 14.8 Å². The molecule has 1 fully saturated rings. The summed E-state index contributed by atoms with van der Waals surface area (Å²) >= 11 is 0. The fourth-order valence-corrected chi connectivity index (χ4v) is 4.22. The molecule has 0 unspecified atom stereocenters. The van der Waals surface area contributed by atoms with Gasteiger partial charge in [-0.2, -0.15) is 5.26 Å². The molecule has 1 aliphatic rings. The van der Waals surface area contributed by atoms with Gasteiger partial charge in [0.15, 0.2) is 11.5 Å². The summed E-state index contributed by atoms with van der Waals surface area (Å²) in [6.07, 6.45) is 10.5. The van der Waals surface area contributed by atoms with Crippen LogP contribution in [0.4, 0.5) is 0 Å². The molecule has 1 N–H and O–H groups in total. The molecule has 0 bridgehead atoms. The second kappa shape index (κ2) is 12.6. The average Bonchev–Trinajstić information content (AvgIpc) is 3.39. The summed E-state index contributed by atoms with van der Waals surface area (Å²) in [6, 6.07) is 10.3. The average molecular weight is 465 g/mol. The van der Waals surface area contributed by atoms with Crippen molar-refractivity contribution in [3.05, 3.63) is 53.5 Å². The number of nitrogens with one attached hydrogen (secondary N) is 1. The molecule has 3 rings (SSSR count). The molecular formula is C27H32N2O5. The van der Waals surface area contributed by atoms with E-state index in [1.54, 1.807) is 30.3 Å². The third kappa shape index (κ3) is 6.98. The lowest BCUT2D eigenvalue weighted by Gasteiger charge is -2.27. The van der Waals surface area contributed by atoms with Crippen molar-refractivity contribution in [2.24, 2.45) is 11.8 Å². The number of ether oxygens (including phenoxy) is 2. The van der Waals surface area contributed by atoms with Crippen LogP contribution in [0.15, 0.2) is 46.6 Å². The topological polar surface area (TPSA) is 102 Å². The number of hydrogen-bond acceptors (Lipinski definition) is 6. The van der Waals surface area contributed by atoms with Gasteiger partial charge in [0.25, 0.3) is 5.91 Å². The van der Waals surface area contributed by atoms with Crippen molar-refractivity contribution in [1.29, 1.82) is 5.26 Å². The van der Waals surface area contributed by atoms with Gasteiger partial charge in [-0.15, -0.1) is 0 Å². The van der Waals surface area contributed by atoms with Crippen LogP contribution in [-0.4, -0.2) is 19.0 Å². The lowest BCUT2D eigenvalue weighted by atomic mass is 9.80. The van der Waals surface area contributed by atoms with Gasteiger partial charge in [0, 0.05) is 0 Å². The number of esters is 1. The zero-order valence-electron chi connectivity index (χ0n) is 19.8. The predicted molar refractivity (Wildman–Crippen MR) is 128 cm³/mol. The highest BCUT2D eigenvalue weighted by atomic mass is 16.6. The zero-order chi connectivity index (χ0) is 24.3. The molecule has 1 amide bonds. The smallest absolute Gasteiger partial charge is 0.314 e. The van der Waals surface area contributed by atoms with Crippen LogP contribution in [0, 0.1) is 23.2 Å².